The Hall–Kier alpha value is -2.74. The van der Waals surface area contributed by atoms with Gasteiger partial charge in [0.2, 0.25) is 0 Å². The lowest BCUT2D eigenvalue weighted by Crippen LogP contribution is -2.27. The summed E-state index contributed by atoms with van der Waals surface area (Å²) in [5, 5.41) is 8.10. The number of carbonyl (C=O) groups excluding carboxylic acids is 2. The lowest BCUT2D eigenvalue weighted by atomic mass is 10.2. The monoisotopic (exact) mass is 466 g/mol. The van der Waals surface area contributed by atoms with Crippen molar-refractivity contribution in [2.45, 2.75) is 59.7 Å². The number of hydrogen-bond acceptors (Lipinski definition) is 7. The highest BCUT2D eigenvalue weighted by molar-refractivity contribution is 5.86. The van der Waals surface area contributed by atoms with E-state index in [0.717, 1.165) is 6.08 Å². The van der Waals surface area contributed by atoms with Gasteiger partial charge >= 0.3 is 11.9 Å². The molecule has 0 amide bonds. The van der Waals surface area contributed by atoms with E-state index >= 15 is 0 Å². The summed E-state index contributed by atoms with van der Waals surface area (Å²) in [5.74, 6) is -0.848. The van der Waals surface area contributed by atoms with Gasteiger partial charge in [-0.15, -0.1) is 0 Å². The highest BCUT2D eigenvalue weighted by Crippen LogP contribution is 2.14. The van der Waals surface area contributed by atoms with Crippen LogP contribution in [-0.2, 0) is 28.8 Å². The quantitative estimate of drug-likeness (QED) is 0.263. The molecule has 0 saturated carbocycles. The van der Waals surface area contributed by atoms with Crippen molar-refractivity contribution in [2.75, 3.05) is 20.3 Å². The second-order valence-corrected chi connectivity index (χ2v) is 8.37. The maximum absolute atomic E-state index is 10.2. The molecule has 1 N–H and O–H groups in total. The van der Waals surface area contributed by atoms with E-state index < -0.39 is 5.97 Å². The third kappa shape index (κ3) is 31.5. The van der Waals surface area contributed by atoms with Crippen molar-refractivity contribution in [1.29, 1.82) is 0 Å². The number of esters is 2. The van der Waals surface area contributed by atoms with Crippen molar-refractivity contribution in [3.8, 4) is 0 Å². The molecule has 0 saturated heterocycles. The highest BCUT2D eigenvalue weighted by Gasteiger charge is 2.18. The molecule has 0 spiro atoms. The largest absolute Gasteiger partial charge is 0.466 e. The Bertz CT molecular complexity index is 667. The van der Waals surface area contributed by atoms with Gasteiger partial charge in [-0.3, -0.25) is 0 Å². The molecule has 1 rings (SSSR count). The standard InChI is InChI=1S/C8H18O2.C8H8.C5H8O3.C5H8O2/c1-7(2,3)9-10-8(4,5)6;1-2-8-6-4-3-5-7-8;1-2-5(7)8-4-3-6;1-4(2)5(6)7-3/h1-6H3;2-7H,1H2;2,6H,1,3-4H2;1H2,2-3H3. The molecule has 33 heavy (non-hydrogen) atoms. The first-order chi connectivity index (χ1) is 15.1. The third-order valence-electron chi connectivity index (χ3n) is 2.61. The van der Waals surface area contributed by atoms with Crippen LogP contribution in [0.3, 0.4) is 0 Å². The lowest BCUT2D eigenvalue weighted by Gasteiger charge is -2.24. The van der Waals surface area contributed by atoms with Crippen molar-refractivity contribution in [1.82, 2.24) is 0 Å². The first-order valence-electron chi connectivity index (χ1n) is 10.3. The molecule has 0 aliphatic heterocycles. The van der Waals surface area contributed by atoms with E-state index in [1.807, 2.05) is 78.0 Å². The van der Waals surface area contributed by atoms with Gasteiger partial charge in [-0.2, -0.15) is 0 Å². The van der Waals surface area contributed by atoms with E-state index in [2.05, 4.69) is 29.2 Å². The summed E-state index contributed by atoms with van der Waals surface area (Å²) in [6.45, 7) is 23.4. The zero-order chi connectivity index (χ0) is 26.5. The van der Waals surface area contributed by atoms with Crippen LogP contribution in [0.15, 0.2) is 61.7 Å². The summed E-state index contributed by atoms with van der Waals surface area (Å²) < 4.78 is 8.61. The molecule has 0 radical (unpaired) electrons. The zero-order valence-electron chi connectivity index (χ0n) is 21.5. The molecule has 0 atom stereocenters. The maximum atomic E-state index is 10.2. The molecule has 0 heterocycles. The normalized spacial score (nSPS) is 9.85. The second kappa shape index (κ2) is 19.9. The molecule has 0 aliphatic carbocycles. The molecule has 188 valence electrons. The number of aliphatic hydroxyl groups is 1. The second-order valence-electron chi connectivity index (χ2n) is 8.37. The van der Waals surface area contributed by atoms with Crippen LogP contribution in [0.2, 0.25) is 0 Å². The van der Waals surface area contributed by atoms with Crippen molar-refractivity contribution >= 4 is 18.0 Å². The molecule has 7 heteroatoms. The van der Waals surface area contributed by atoms with Gasteiger partial charge in [0.25, 0.3) is 0 Å². The fourth-order valence-corrected chi connectivity index (χ4v) is 1.22. The Morgan fingerprint density at radius 1 is 0.970 bits per heavy atom. The molecular weight excluding hydrogens is 424 g/mol. The molecule has 7 nitrogen and oxygen atoms in total. The van der Waals surface area contributed by atoms with Crippen LogP contribution in [0.4, 0.5) is 0 Å². The fraction of sp³-hybridized carbons (Fsp3) is 0.462. The third-order valence-corrected chi connectivity index (χ3v) is 2.61. The fourth-order valence-electron chi connectivity index (χ4n) is 1.22. The van der Waals surface area contributed by atoms with Gasteiger partial charge in [-0.1, -0.05) is 56.1 Å². The Labute approximate surface area is 199 Å². The van der Waals surface area contributed by atoms with Crippen LogP contribution < -0.4 is 0 Å². The van der Waals surface area contributed by atoms with Crippen LogP contribution in [0, 0.1) is 0 Å². The molecular formula is C26H42O7. The molecule has 0 aliphatic rings. The van der Waals surface area contributed by atoms with Gasteiger partial charge in [0.15, 0.2) is 0 Å². The number of methoxy groups -OCH3 is 1. The summed E-state index contributed by atoms with van der Waals surface area (Å²) >= 11 is 0. The van der Waals surface area contributed by atoms with E-state index in [-0.39, 0.29) is 30.4 Å². The molecule has 0 unspecified atom stereocenters. The Kier molecular flexibility index (Phi) is 21.0. The van der Waals surface area contributed by atoms with E-state index in [1.165, 1.54) is 12.7 Å². The number of benzene rings is 1. The first kappa shape index (κ1) is 34.9. The van der Waals surface area contributed by atoms with Gasteiger partial charge in [-0.25, -0.2) is 19.4 Å². The predicted octanol–water partition coefficient (Wildman–Crippen LogP) is 5.30. The van der Waals surface area contributed by atoms with Crippen LogP contribution in [0.25, 0.3) is 6.08 Å². The van der Waals surface area contributed by atoms with E-state index in [0.29, 0.717) is 5.57 Å². The SMILES string of the molecule is C=C(C)C(=O)OC.C=CC(=O)OCCO.C=Cc1ccccc1.CC(C)(C)OOC(C)(C)C. The first-order valence-corrected chi connectivity index (χ1v) is 10.3. The number of ether oxygens (including phenoxy) is 2. The molecule has 1 aromatic carbocycles. The summed E-state index contributed by atoms with van der Waals surface area (Å²) in [5.41, 5.74) is 1.18. The molecule has 1 aromatic rings. The minimum Gasteiger partial charge on any atom is -0.466 e. The Morgan fingerprint density at radius 2 is 1.42 bits per heavy atom. The number of rotatable bonds is 6. The van der Waals surface area contributed by atoms with Gasteiger partial charge in [-0.05, 0) is 54.0 Å². The summed E-state index contributed by atoms with van der Waals surface area (Å²) in [6.07, 6.45) is 2.88. The Balaban J connectivity index is -0.000000367. The van der Waals surface area contributed by atoms with Crippen molar-refractivity contribution in [3.05, 3.63) is 67.3 Å². The average molecular weight is 467 g/mol. The minimum absolute atomic E-state index is 0.0465. The van der Waals surface area contributed by atoms with Crippen LogP contribution in [-0.4, -0.2) is 48.6 Å². The minimum atomic E-state index is -0.501. The predicted molar refractivity (Wildman–Crippen MR) is 133 cm³/mol. The average Bonchev–Trinajstić information content (AvgIpc) is 2.76. The summed E-state index contributed by atoms with van der Waals surface area (Å²) in [6, 6.07) is 10.0. The van der Waals surface area contributed by atoms with Gasteiger partial charge in [0.05, 0.1) is 24.9 Å². The highest BCUT2D eigenvalue weighted by atomic mass is 17.2. The van der Waals surface area contributed by atoms with E-state index in [9.17, 15) is 9.59 Å². The van der Waals surface area contributed by atoms with Gasteiger partial charge in [0, 0.05) is 11.6 Å². The van der Waals surface area contributed by atoms with Gasteiger partial charge < -0.3 is 14.6 Å². The Morgan fingerprint density at radius 3 is 1.64 bits per heavy atom. The van der Waals surface area contributed by atoms with Gasteiger partial charge in [0.1, 0.15) is 6.61 Å². The van der Waals surface area contributed by atoms with Crippen molar-refractivity contribution in [3.63, 3.8) is 0 Å². The van der Waals surface area contributed by atoms with E-state index in [1.54, 1.807) is 6.92 Å². The van der Waals surface area contributed by atoms with Crippen molar-refractivity contribution < 1.29 is 33.9 Å². The summed E-state index contributed by atoms with van der Waals surface area (Å²) in [4.78, 5) is 30.5. The molecule has 0 bridgehead atoms. The smallest absolute Gasteiger partial charge is 0.332 e. The lowest BCUT2D eigenvalue weighted by molar-refractivity contribution is -0.393. The maximum Gasteiger partial charge on any atom is 0.332 e. The van der Waals surface area contributed by atoms with E-state index in [4.69, 9.17) is 14.9 Å². The number of aliphatic hydroxyl groups excluding tert-OH is 1. The molecule has 0 aromatic heterocycles. The van der Waals surface area contributed by atoms with Crippen LogP contribution in [0.5, 0.6) is 0 Å². The molecule has 0 fully saturated rings. The van der Waals surface area contributed by atoms with Crippen LogP contribution in [0.1, 0.15) is 54.0 Å². The summed E-state index contributed by atoms with van der Waals surface area (Å²) in [7, 11) is 1.33. The van der Waals surface area contributed by atoms with Crippen LogP contribution >= 0.6 is 0 Å². The number of carbonyl (C=O) groups is 2. The number of hydrogen-bond donors (Lipinski definition) is 1. The topological polar surface area (TPSA) is 91.3 Å². The zero-order valence-corrected chi connectivity index (χ0v) is 21.5. The van der Waals surface area contributed by atoms with Crippen molar-refractivity contribution in [2.24, 2.45) is 0 Å².